The fraction of sp³-hybridized carbons (Fsp3) is 0.440. The first kappa shape index (κ1) is 21.1. The van der Waals surface area contributed by atoms with Gasteiger partial charge >= 0.3 is 0 Å². The number of hydrogen-bond donors (Lipinski definition) is 2. The van der Waals surface area contributed by atoms with Crippen molar-refractivity contribution in [2.45, 2.75) is 73.1 Å². The molecule has 0 radical (unpaired) electrons. The largest absolute Gasteiger partial charge is 0.508 e. The van der Waals surface area contributed by atoms with Crippen LogP contribution in [-0.4, -0.2) is 10.2 Å². The second-order valence-electron chi connectivity index (χ2n) is 9.71. The van der Waals surface area contributed by atoms with Crippen molar-refractivity contribution in [1.82, 2.24) is 0 Å². The van der Waals surface area contributed by atoms with E-state index in [1.165, 1.54) is 0 Å². The quantitative estimate of drug-likeness (QED) is 0.569. The molecule has 0 unspecified atom stereocenters. The summed E-state index contributed by atoms with van der Waals surface area (Å²) in [5.41, 5.74) is 6.67. The molecule has 0 atom stereocenters. The van der Waals surface area contributed by atoms with Crippen molar-refractivity contribution in [3.63, 3.8) is 0 Å². The van der Waals surface area contributed by atoms with E-state index in [0.29, 0.717) is 11.5 Å². The summed E-state index contributed by atoms with van der Waals surface area (Å²) in [5, 5.41) is 21.3. The molecule has 0 fully saturated rings. The van der Waals surface area contributed by atoms with Gasteiger partial charge in [-0.15, -0.1) is 0 Å². The molecule has 0 bridgehead atoms. The highest BCUT2D eigenvalue weighted by Gasteiger charge is 2.22. The molecule has 0 aromatic heterocycles. The van der Waals surface area contributed by atoms with Crippen LogP contribution in [0.15, 0.2) is 24.3 Å². The third-order valence-electron chi connectivity index (χ3n) is 5.15. The monoisotopic (exact) mass is 366 g/mol. The summed E-state index contributed by atoms with van der Waals surface area (Å²) in [6.07, 6.45) is 2.11. The molecule has 0 aliphatic heterocycles. The zero-order valence-electron chi connectivity index (χ0n) is 18.3. The highest BCUT2D eigenvalue weighted by molar-refractivity contribution is 5.85. The predicted molar refractivity (Wildman–Crippen MR) is 117 cm³/mol. The zero-order chi connectivity index (χ0) is 20.7. The van der Waals surface area contributed by atoms with Gasteiger partial charge < -0.3 is 10.2 Å². The maximum Gasteiger partial charge on any atom is 0.127 e. The Morgan fingerprint density at radius 3 is 1.89 bits per heavy atom. The van der Waals surface area contributed by atoms with E-state index in [4.69, 9.17) is 0 Å². The molecule has 27 heavy (non-hydrogen) atoms. The van der Waals surface area contributed by atoms with Crippen molar-refractivity contribution in [2.75, 3.05) is 0 Å². The van der Waals surface area contributed by atoms with Crippen LogP contribution in [0.3, 0.4) is 0 Å². The van der Waals surface area contributed by atoms with Crippen molar-refractivity contribution < 1.29 is 10.2 Å². The lowest BCUT2D eigenvalue weighted by Crippen LogP contribution is -2.12. The summed E-state index contributed by atoms with van der Waals surface area (Å²) in [4.78, 5) is 0. The Morgan fingerprint density at radius 2 is 1.37 bits per heavy atom. The van der Waals surface area contributed by atoms with E-state index < -0.39 is 0 Å². The number of phenolic OH excluding ortho intramolecular Hbond substituents is 2. The van der Waals surface area contributed by atoms with Crippen molar-refractivity contribution in [1.29, 1.82) is 0 Å². The normalized spacial score (nSPS) is 13.1. The van der Waals surface area contributed by atoms with Crippen molar-refractivity contribution in [3.05, 3.63) is 57.6 Å². The first-order valence-corrected chi connectivity index (χ1v) is 9.59. The molecule has 2 aromatic carbocycles. The minimum Gasteiger partial charge on any atom is -0.508 e. The molecule has 146 valence electrons. The average molecular weight is 367 g/mol. The second-order valence-corrected chi connectivity index (χ2v) is 9.71. The van der Waals surface area contributed by atoms with Crippen LogP contribution in [0.5, 0.6) is 11.5 Å². The van der Waals surface area contributed by atoms with Crippen LogP contribution in [0.1, 0.15) is 81.8 Å². The lowest BCUT2D eigenvalue weighted by Gasteiger charge is -2.24. The van der Waals surface area contributed by atoms with E-state index in [9.17, 15) is 10.2 Å². The highest BCUT2D eigenvalue weighted by atomic mass is 16.3. The summed E-state index contributed by atoms with van der Waals surface area (Å²) in [6.45, 7) is 18.7. The van der Waals surface area contributed by atoms with Gasteiger partial charge in [-0.2, -0.15) is 0 Å². The Labute approximate surface area is 164 Å². The van der Waals surface area contributed by atoms with Crippen molar-refractivity contribution in [2.24, 2.45) is 0 Å². The first-order chi connectivity index (χ1) is 12.2. The lowest BCUT2D eigenvalue weighted by atomic mass is 9.82. The summed E-state index contributed by atoms with van der Waals surface area (Å²) < 4.78 is 0. The van der Waals surface area contributed by atoms with E-state index in [1.807, 2.05) is 32.9 Å². The number of aryl methyl sites for hydroxylation is 2. The standard InChI is InChI=1S/C25H34O2/c1-15-10-11-19(24(4,5)6)23(27)22(15)17(3)12-18-14-20(25(7,8)9)21(26)13-16(18)2/h10-14,26-27H,1-9H3. The van der Waals surface area contributed by atoms with Crippen LogP contribution < -0.4 is 0 Å². The molecular weight excluding hydrogens is 332 g/mol. The van der Waals surface area contributed by atoms with Crippen LogP contribution in [0.25, 0.3) is 11.6 Å². The third kappa shape index (κ3) is 4.37. The molecule has 0 saturated carbocycles. The number of phenols is 2. The Hall–Kier alpha value is -2.22. The molecular formula is C25H34O2. The molecule has 2 nitrogen and oxygen atoms in total. The highest BCUT2D eigenvalue weighted by Crippen LogP contribution is 2.39. The number of aromatic hydroxyl groups is 2. The average Bonchev–Trinajstić information content (AvgIpc) is 2.47. The minimum absolute atomic E-state index is 0.124. The van der Waals surface area contributed by atoms with Gasteiger partial charge in [0.2, 0.25) is 0 Å². The summed E-state index contributed by atoms with van der Waals surface area (Å²) in [6, 6.07) is 7.99. The van der Waals surface area contributed by atoms with Gasteiger partial charge in [-0.3, -0.25) is 0 Å². The number of rotatable bonds is 2. The Balaban J connectivity index is 2.66. The van der Waals surface area contributed by atoms with E-state index >= 15 is 0 Å². The number of benzene rings is 2. The lowest BCUT2D eigenvalue weighted by molar-refractivity contribution is 0.444. The van der Waals surface area contributed by atoms with Crippen molar-refractivity contribution in [3.8, 4) is 11.5 Å². The van der Waals surface area contributed by atoms with Gasteiger partial charge in [0.25, 0.3) is 0 Å². The molecule has 0 aliphatic carbocycles. The molecule has 0 spiro atoms. The topological polar surface area (TPSA) is 40.5 Å². The van der Waals surface area contributed by atoms with E-state index in [0.717, 1.165) is 39.0 Å². The molecule has 0 heterocycles. The van der Waals surface area contributed by atoms with Gasteiger partial charge in [-0.05, 0) is 77.1 Å². The van der Waals surface area contributed by atoms with E-state index in [2.05, 4.69) is 59.8 Å². The van der Waals surface area contributed by atoms with Crippen LogP contribution in [0.4, 0.5) is 0 Å². The zero-order valence-corrected chi connectivity index (χ0v) is 18.3. The predicted octanol–water partition coefficient (Wildman–Crippen LogP) is 6.87. The molecule has 0 saturated heterocycles. The van der Waals surface area contributed by atoms with E-state index in [-0.39, 0.29) is 10.8 Å². The molecule has 0 aliphatic rings. The smallest absolute Gasteiger partial charge is 0.127 e. The van der Waals surface area contributed by atoms with Gasteiger partial charge in [0, 0.05) is 5.56 Å². The molecule has 2 rings (SSSR count). The maximum atomic E-state index is 11.0. The molecule has 2 heteroatoms. The molecule has 2 aromatic rings. The number of hydrogen-bond acceptors (Lipinski definition) is 2. The maximum absolute atomic E-state index is 11.0. The summed E-state index contributed by atoms with van der Waals surface area (Å²) in [7, 11) is 0. The Kier molecular flexibility index (Phi) is 5.52. The van der Waals surface area contributed by atoms with Crippen LogP contribution in [-0.2, 0) is 10.8 Å². The van der Waals surface area contributed by atoms with Crippen LogP contribution in [0, 0.1) is 13.8 Å². The van der Waals surface area contributed by atoms with Gasteiger partial charge in [-0.1, -0.05) is 59.8 Å². The van der Waals surface area contributed by atoms with Gasteiger partial charge in [0.15, 0.2) is 0 Å². The fourth-order valence-electron chi connectivity index (χ4n) is 3.57. The second kappa shape index (κ2) is 7.07. The minimum atomic E-state index is -0.140. The van der Waals surface area contributed by atoms with Gasteiger partial charge in [-0.25, -0.2) is 0 Å². The number of allylic oxidation sites excluding steroid dienone is 1. The van der Waals surface area contributed by atoms with Crippen molar-refractivity contribution >= 4 is 11.6 Å². The van der Waals surface area contributed by atoms with Gasteiger partial charge in [0.1, 0.15) is 11.5 Å². The van der Waals surface area contributed by atoms with Crippen LogP contribution in [0.2, 0.25) is 0 Å². The first-order valence-electron chi connectivity index (χ1n) is 9.59. The third-order valence-corrected chi connectivity index (χ3v) is 5.15. The Morgan fingerprint density at radius 1 is 0.815 bits per heavy atom. The fourth-order valence-corrected chi connectivity index (χ4v) is 3.57. The molecule has 0 amide bonds. The summed E-state index contributed by atoms with van der Waals surface area (Å²) >= 11 is 0. The SMILES string of the molecule is CC(=Cc1cc(C(C)(C)C)c(O)cc1C)c1c(C)ccc(C(C)(C)C)c1O. The molecule has 2 N–H and O–H groups in total. The summed E-state index contributed by atoms with van der Waals surface area (Å²) in [5.74, 6) is 0.701. The Bertz CT molecular complexity index is 888. The van der Waals surface area contributed by atoms with Crippen LogP contribution >= 0.6 is 0 Å². The van der Waals surface area contributed by atoms with E-state index in [1.54, 1.807) is 0 Å². The van der Waals surface area contributed by atoms with Gasteiger partial charge in [0.05, 0.1) is 0 Å².